The molecule has 0 heterocycles. The van der Waals surface area contributed by atoms with E-state index in [-0.39, 0.29) is 0 Å². The highest BCUT2D eigenvalue weighted by atomic mass is 14.9. The molecule has 0 aromatic heterocycles. The summed E-state index contributed by atoms with van der Waals surface area (Å²) in [5.74, 6) is 3.25. The fourth-order valence-electron chi connectivity index (χ4n) is 1.75. The molecule has 16 heavy (non-hydrogen) atoms. The molecule has 0 aliphatic carbocycles. The normalized spacial score (nSPS) is 14.1. The van der Waals surface area contributed by atoms with Gasteiger partial charge >= 0.3 is 0 Å². The predicted molar refractivity (Wildman–Crippen MR) is 70.4 cm³/mol. The lowest BCUT2D eigenvalue weighted by Gasteiger charge is -2.18. The number of hydrogen-bond donors (Lipinski definition) is 1. The first kappa shape index (κ1) is 12.8. The molecular weight excluding hydrogens is 194 g/mol. The fourth-order valence-corrected chi connectivity index (χ4v) is 1.75. The van der Waals surface area contributed by atoms with Crippen LogP contribution in [0.4, 0.5) is 0 Å². The van der Waals surface area contributed by atoms with Crippen LogP contribution in [0, 0.1) is 12.3 Å². The number of terminal acetylenes is 1. The molecule has 1 heteroatoms. The van der Waals surface area contributed by atoms with Crippen LogP contribution in [0.2, 0.25) is 0 Å². The molecule has 0 saturated heterocycles. The summed E-state index contributed by atoms with van der Waals surface area (Å²) in [4.78, 5) is 0. The van der Waals surface area contributed by atoms with Crippen LogP contribution >= 0.6 is 0 Å². The van der Waals surface area contributed by atoms with E-state index in [0.29, 0.717) is 12.0 Å². The molecule has 2 unspecified atom stereocenters. The first-order valence-corrected chi connectivity index (χ1v) is 5.99. The smallest absolute Gasteiger partial charge is 0.0240 e. The van der Waals surface area contributed by atoms with Crippen molar-refractivity contribution >= 4 is 0 Å². The highest BCUT2D eigenvalue weighted by Gasteiger charge is 2.08. The Labute approximate surface area is 99.3 Å². The van der Waals surface area contributed by atoms with Crippen LogP contribution in [0.3, 0.4) is 0 Å². The fraction of sp³-hybridized carbons (Fsp3) is 0.467. The first-order valence-electron chi connectivity index (χ1n) is 5.99. The Morgan fingerprint density at radius 2 is 2.00 bits per heavy atom. The first-order chi connectivity index (χ1) is 7.77. The second-order valence-corrected chi connectivity index (χ2v) is 4.23. The second-order valence-electron chi connectivity index (χ2n) is 4.23. The standard InChI is InChI=1S/C15H21N/c1-4-9-15(5-2)16-12-13(3)14-10-7-6-8-11-14/h1,6-8,10-11,13,15-16H,5,9,12H2,2-3H3. The van der Waals surface area contributed by atoms with E-state index in [1.165, 1.54) is 5.56 Å². The van der Waals surface area contributed by atoms with Crippen molar-refractivity contribution in [3.63, 3.8) is 0 Å². The molecule has 0 aliphatic heterocycles. The molecule has 86 valence electrons. The van der Waals surface area contributed by atoms with Crippen molar-refractivity contribution in [3.05, 3.63) is 35.9 Å². The zero-order valence-electron chi connectivity index (χ0n) is 10.2. The third kappa shape index (κ3) is 4.08. The minimum atomic E-state index is 0.455. The van der Waals surface area contributed by atoms with E-state index in [1.54, 1.807) is 0 Å². The SMILES string of the molecule is C#CCC(CC)NCC(C)c1ccccc1. The molecule has 0 saturated carbocycles. The zero-order chi connectivity index (χ0) is 11.8. The molecule has 1 aromatic rings. The van der Waals surface area contributed by atoms with Crippen LogP contribution in [0.15, 0.2) is 30.3 Å². The zero-order valence-corrected chi connectivity index (χ0v) is 10.2. The molecule has 0 amide bonds. The summed E-state index contributed by atoms with van der Waals surface area (Å²) in [7, 11) is 0. The van der Waals surface area contributed by atoms with Crippen LogP contribution in [0.25, 0.3) is 0 Å². The Balaban J connectivity index is 2.41. The van der Waals surface area contributed by atoms with E-state index in [2.05, 4.69) is 55.4 Å². The van der Waals surface area contributed by atoms with Crippen molar-refractivity contribution in [3.8, 4) is 12.3 Å². The molecule has 0 spiro atoms. The van der Waals surface area contributed by atoms with E-state index in [9.17, 15) is 0 Å². The van der Waals surface area contributed by atoms with Crippen molar-refractivity contribution in [2.45, 2.75) is 38.6 Å². The van der Waals surface area contributed by atoms with E-state index in [0.717, 1.165) is 19.4 Å². The van der Waals surface area contributed by atoms with Gasteiger partial charge in [-0.15, -0.1) is 12.3 Å². The maximum Gasteiger partial charge on any atom is 0.0240 e. The largest absolute Gasteiger partial charge is 0.312 e. The lowest BCUT2D eigenvalue weighted by atomic mass is 10.0. The molecule has 0 bridgehead atoms. The molecule has 1 nitrogen and oxygen atoms in total. The van der Waals surface area contributed by atoms with Gasteiger partial charge in [-0.25, -0.2) is 0 Å². The van der Waals surface area contributed by atoms with Gasteiger partial charge in [0.1, 0.15) is 0 Å². The van der Waals surface area contributed by atoms with Crippen LogP contribution in [0.1, 0.15) is 38.2 Å². The van der Waals surface area contributed by atoms with E-state index in [1.807, 2.05) is 0 Å². The van der Waals surface area contributed by atoms with Crippen molar-refractivity contribution in [2.75, 3.05) is 6.54 Å². The van der Waals surface area contributed by atoms with Crippen LogP contribution in [-0.2, 0) is 0 Å². The summed E-state index contributed by atoms with van der Waals surface area (Å²) in [6.45, 7) is 5.40. The molecule has 1 aromatic carbocycles. The number of hydrogen-bond acceptors (Lipinski definition) is 1. The number of benzene rings is 1. The van der Waals surface area contributed by atoms with Gasteiger partial charge in [-0.2, -0.15) is 0 Å². The van der Waals surface area contributed by atoms with Gasteiger partial charge in [0.05, 0.1) is 0 Å². The van der Waals surface area contributed by atoms with E-state index < -0.39 is 0 Å². The third-order valence-electron chi connectivity index (χ3n) is 2.94. The van der Waals surface area contributed by atoms with Crippen molar-refractivity contribution in [2.24, 2.45) is 0 Å². The predicted octanol–water partition coefficient (Wildman–Crippen LogP) is 3.18. The van der Waals surface area contributed by atoms with E-state index >= 15 is 0 Å². The number of nitrogens with one attached hydrogen (secondary N) is 1. The summed E-state index contributed by atoms with van der Waals surface area (Å²) >= 11 is 0. The van der Waals surface area contributed by atoms with Crippen molar-refractivity contribution < 1.29 is 0 Å². The second kappa shape index (κ2) is 7.09. The lowest BCUT2D eigenvalue weighted by Crippen LogP contribution is -2.31. The summed E-state index contributed by atoms with van der Waals surface area (Å²) in [6.07, 6.45) is 7.24. The Bertz CT molecular complexity index is 323. The Morgan fingerprint density at radius 1 is 1.31 bits per heavy atom. The molecule has 1 rings (SSSR count). The maximum absolute atomic E-state index is 5.33. The van der Waals surface area contributed by atoms with Gasteiger partial charge < -0.3 is 5.32 Å². The van der Waals surface area contributed by atoms with Crippen molar-refractivity contribution in [1.29, 1.82) is 0 Å². The van der Waals surface area contributed by atoms with Gasteiger partial charge in [0.25, 0.3) is 0 Å². The number of rotatable bonds is 6. The Hall–Kier alpha value is -1.26. The minimum Gasteiger partial charge on any atom is -0.312 e. The quantitative estimate of drug-likeness (QED) is 0.719. The summed E-state index contributed by atoms with van der Waals surface area (Å²) < 4.78 is 0. The van der Waals surface area contributed by atoms with Gasteiger partial charge in [0.15, 0.2) is 0 Å². The van der Waals surface area contributed by atoms with Gasteiger partial charge in [-0.1, -0.05) is 44.2 Å². The highest BCUT2D eigenvalue weighted by Crippen LogP contribution is 2.13. The van der Waals surface area contributed by atoms with Crippen LogP contribution < -0.4 is 5.32 Å². The molecule has 0 fully saturated rings. The lowest BCUT2D eigenvalue weighted by molar-refractivity contribution is 0.486. The Kier molecular flexibility index (Phi) is 5.67. The maximum atomic E-state index is 5.33. The molecule has 1 N–H and O–H groups in total. The minimum absolute atomic E-state index is 0.455. The van der Waals surface area contributed by atoms with Gasteiger partial charge in [0.2, 0.25) is 0 Å². The third-order valence-corrected chi connectivity index (χ3v) is 2.94. The highest BCUT2D eigenvalue weighted by molar-refractivity contribution is 5.19. The summed E-state index contributed by atoms with van der Waals surface area (Å²) in [6, 6.07) is 11.0. The average Bonchev–Trinajstić information content (AvgIpc) is 2.35. The Morgan fingerprint density at radius 3 is 2.56 bits per heavy atom. The van der Waals surface area contributed by atoms with Gasteiger partial charge in [-0.05, 0) is 17.9 Å². The average molecular weight is 215 g/mol. The van der Waals surface area contributed by atoms with Crippen LogP contribution in [0.5, 0.6) is 0 Å². The van der Waals surface area contributed by atoms with E-state index in [4.69, 9.17) is 6.42 Å². The molecule has 2 atom stereocenters. The van der Waals surface area contributed by atoms with Crippen LogP contribution in [-0.4, -0.2) is 12.6 Å². The topological polar surface area (TPSA) is 12.0 Å². The summed E-state index contributed by atoms with van der Waals surface area (Å²) in [5, 5.41) is 3.53. The molecular formula is C15H21N. The molecule has 0 aliphatic rings. The van der Waals surface area contributed by atoms with Gasteiger partial charge in [-0.3, -0.25) is 0 Å². The summed E-state index contributed by atoms with van der Waals surface area (Å²) in [5.41, 5.74) is 1.38. The van der Waals surface area contributed by atoms with Crippen molar-refractivity contribution in [1.82, 2.24) is 5.32 Å². The monoisotopic (exact) mass is 215 g/mol. The van der Waals surface area contributed by atoms with Gasteiger partial charge in [0, 0.05) is 19.0 Å². The molecule has 0 radical (unpaired) electrons.